The van der Waals surface area contributed by atoms with Gasteiger partial charge in [0.2, 0.25) is 0 Å². The van der Waals surface area contributed by atoms with Gasteiger partial charge in [0.1, 0.15) is 0 Å². The quantitative estimate of drug-likeness (QED) is 0.677. The number of carbonyl (C=O) groups excluding carboxylic acids is 1. The number of anilines is 1. The largest absolute Gasteiger partial charge is 0.465 e. The van der Waals surface area contributed by atoms with Crippen LogP contribution in [0.1, 0.15) is 23.0 Å². The van der Waals surface area contributed by atoms with Crippen LogP contribution >= 0.6 is 0 Å². The first-order chi connectivity index (χ1) is 9.15. The number of esters is 1. The summed E-state index contributed by atoms with van der Waals surface area (Å²) in [6.45, 7) is 2.05. The average molecular weight is 256 g/mol. The lowest BCUT2D eigenvalue weighted by Crippen LogP contribution is -2.05. The van der Waals surface area contributed by atoms with Crippen molar-refractivity contribution in [1.82, 2.24) is 4.98 Å². The van der Waals surface area contributed by atoms with Gasteiger partial charge in [0.25, 0.3) is 0 Å². The van der Waals surface area contributed by atoms with E-state index in [-0.39, 0.29) is 0 Å². The van der Waals surface area contributed by atoms with Crippen LogP contribution in [0.15, 0.2) is 36.5 Å². The number of nitrogens with two attached hydrogens (primary N) is 1. The number of pyridine rings is 1. The number of nitrogen functional groups attached to an aromatic ring is 1. The molecule has 4 heteroatoms. The first-order valence-electron chi connectivity index (χ1n) is 6.09. The number of hydrogen-bond acceptors (Lipinski definition) is 4. The molecule has 0 aliphatic heterocycles. The number of ether oxygens (including phenoxy) is 1. The summed E-state index contributed by atoms with van der Waals surface area (Å²) in [7, 11) is 1.34. The van der Waals surface area contributed by atoms with E-state index in [9.17, 15) is 4.79 Å². The molecular weight excluding hydrogens is 240 g/mol. The number of aryl methyl sites for hydroxylation is 1. The van der Waals surface area contributed by atoms with Crippen molar-refractivity contribution in [3.8, 4) is 11.1 Å². The highest BCUT2D eigenvalue weighted by Gasteiger charge is 2.11. The Labute approximate surface area is 112 Å². The van der Waals surface area contributed by atoms with E-state index in [2.05, 4.69) is 11.9 Å². The van der Waals surface area contributed by atoms with Crippen molar-refractivity contribution < 1.29 is 9.53 Å². The molecule has 19 heavy (non-hydrogen) atoms. The van der Waals surface area contributed by atoms with Crippen molar-refractivity contribution in [3.63, 3.8) is 0 Å². The van der Waals surface area contributed by atoms with E-state index in [4.69, 9.17) is 10.5 Å². The Bertz CT molecular complexity index is 609. The maximum atomic E-state index is 11.6. The Morgan fingerprint density at radius 3 is 2.68 bits per heavy atom. The second-order valence-corrected chi connectivity index (χ2v) is 4.18. The van der Waals surface area contributed by atoms with E-state index in [1.54, 1.807) is 18.3 Å². The van der Waals surface area contributed by atoms with Crippen molar-refractivity contribution in [2.75, 3.05) is 12.8 Å². The molecule has 0 aliphatic rings. The SMILES string of the molecule is CCc1cc(-c2ccc(N)c(C(=O)OC)c2)ccn1. The summed E-state index contributed by atoms with van der Waals surface area (Å²) in [6.07, 6.45) is 2.63. The molecule has 0 bridgehead atoms. The zero-order valence-electron chi connectivity index (χ0n) is 11.0. The number of aromatic nitrogens is 1. The zero-order chi connectivity index (χ0) is 13.8. The second kappa shape index (κ2) is 5.52. The van der Waals surface area contributed by atoms with Gasteiger partial charge in [-0.15, -0.1) is 0 Å². The van der Waals surface area contributed by atoms with Gasteiger partial charge in [-0.1, -0.05) is 13.0 Å². The molecule has 98 valence electrons. The molecule has 0 saturated carbocycles. The Balaban J connectivity index is 2.48. The fourth-order valence-electron chi connectivity index (χ4n) is 1.87. The third-order valence-corrected chi connectivity index (χ3v) is 2.97. The van der Waals surface area contributed by atoms with Crippen LogP contribution in [0.4, 0.5) is 5.69 Å². The molecule has 0 fully saturated rings. The monoisotopic (exact) mass is 256 g/mol. The lowest BCUT2D eigenvalue weighted by atomic mass is 10.0. The molecule has 0 saturated heterocycles. The fraction of sp³-hybridized carbons (Fsp3) is 0.200. The molecule has 0 aliphatic carbocycles. The van der Waals surface area contributed by atoms with E-state index in [0.29, 0.717) is 11.3 Å². The summed E-state index contributed by atoms with van der Waals surface area (Å²) in [6, 6.07) is 9.26. The summed E-state index contributed by atoms with van der Waals surface area (Å²) >= 11 is 0. The van der Waals surface area contributed by atoms with E-state index in [1.807, 2.05) is 18.2 Å². The van der Waals surface area contributed by atoms with E-state index in [0.717, 1.165) is 23.2 Å². The topological polar surface area (TPSA) is 65.2 Å². The summed E-state index contributed by atoms with van der Waals surface area (Å²) in [5.41, 5.74) is 9.53. The van der Waals surface area contributed by atoms with Gasteiger partial charge in [0.05, 0.1) is 12.7 Å². The number of hydrogen-bond donors (Lipinski definition) is 1. The molecule has 1 aromatic heterocycles. The molecule has 0 unspecified atom stereocenters. The van der Waals surface area contributed by atoms with Crippen LogP contribution < -0.4 is 5.73 Å². The van der Waals surface area contributed by atoms with Crippen LogP contribution in [0.25, 0.3) is 11.1 Å². The van der Waals surface area contributed by atoms with Gasteiger partial charge < -0.3 is 10.5 Å². The number of carbonyl (C=O) groups is 1. The molecule has 0 amide bonds. The van der Waals surface area contributed by atoms with E-state index >= 15 is 0 Å². The second-order valence-electron chi connectivity index (χ2n) is 4.18. The molecule has 0 spiro atoms. The van der Waals surface area contributed by atoms with E-state index in [1.165, 1.54) is 7.11 Å². The van der Waals surface area contributed by atoms with Crippen molar-refractivity contribution in [3.05, 3.63) is 47.8 Å². The fourth-order valence-corrected chi connectivity index (χ4v) is 1.87. The summed E-state index contributed by atoms with van der Waals surface area (Å²) in [5, 5.41) is 0. The standard InChI is InChI=1S/C15H16N2O2/c1-3-12-8-11(6-7-17-12)10-4-5-14(16)13(9-10)15(18)19-2/h4-9H,3,16H2,1-2H3. The number of methoxy groups -OCH3 is 1. The predicted molar refractivity (Wildman–Crippen MR) is 74.8 cm³/mol. The molecule has 2 rings (SSSR count). The smallest absolute Gasteiger partial charge is 0.339 e. The van der Waals surface area contributed by atoms with Crippen LogP contribution in [0, 0.1) is 0 Å². The van der Waals surface area contributed by atoms with Crippen molar-refractivity contribution in [2.45, 2.75) is 13.3 Å². The zero-order valence-corrected chi connectivity index (χ0v) is 11.0. The lowest BCUT2D eigenvalue weighted by Gasteiger charge is -2.08. The molecule has 2 aromatic rings. The maximum absolute atomic E-state index is 11.6. The molecule has 1 aromatic carbocycles. The van der Waals surface area contributed by atoms with Crippen LogP contribution in [-0.2, 0) is 11.2 Å². The van der Waals surface area contributed by atoms with Crippen molar-refractivity contribution >= 4 is 11.7 Å². The van der Waals surface area contributed by atoms with Gasteiger partial charge in [-0.05, 0) is 41.8 Å². The van der Waals surface area contributed by atoms with Gasteiger partial charge in [-0.2, -0.15) is 0 Å². The number of benzene rings is 1. The predicted octanol–water partition coefficient (Wildman–Crippen LogP) is 2.68. The highest BCUT2D eigenvalue weighted by Crippen LogP contribution is 2.24. The molecular formula is C15H16N2O2. The van der Waals surface area contributed by atoms with Crippen LogP contribution in [0.3, 0.4) is 0 Å². The number of rotatable bonds is 3. The number of nitrogens with zero attached hydrogens (tertiary/aromatic N) is 1. The lowest BCUT2D eigenvalue weighted by molar-refractivity contribution is 0.0602. The molecule has 0 atom stereocenters. The Morgan fingerprint density at radius 1 is 1.26 bits per heavy atom. The first-order valence-corrected chi connectivity index (χ1v) is 6.09. The van der Waals surface area contributed by atoms with Crippen molar-refractivity contribution in [1.29, 1.82) is 0 Å². The Morgan fingerprint density at radius 2 is 2.00 bits per heavy atom. The minimum Gasteiger partial charge on any atom is -0.465 e. The van der Waals surface area contributed by atoms with E-state index < -0.39 is 5.97 Å². The average Bonchev–Trinajstić information content (AvgIpc) is 2.47. The summed E-state index contributed by atoms with van der Waals surface area (Å²) in [5.74, 6) is -0.427. The minimum atomic E-state index is -0.427. The third kappa shape index (κ3) is 2.73. The molecule has 2 N–H and O–H groups in total. The van der Waals surface area contributed by atoms with Gasteiger partial charge in [0, 0.05) is 17.6 Å². The Kier molecular flexibility index (Phi) is 3.80. The highest BCUT2D eigenvalue weighted by atomic mass is 16.5. The van der Waals surface area contributed by atoms with Gasteiger partial charge in [-0.25, -0.2) is 4.79 Å². The third-order valence-electron chi connectivity index (χ3n) is 2.97. The van der Waals surface area contributed by atoms with Gasteiger partial charge in [-0.3, -0.25) is 4.98 Å². The molecule has 1 heterocycles. The molecule has 0 radical (unpaired) electrons. The van der Waals surface area contributed by atoms with Crippen LogP contribution in [0.5, 0.6) is 0 Å². The highest BCUT2D eigenvalue weighted by molar-refractivity contribution is 5.96. The normalized spacial score (nSPS) is 10.2. The molecule has 4 nitrogen and oxygen atoms in total. The first kappa shape index (κ1) is 13.1. The van der Waals surface area contributed by atoms with Crippen LogP contribution in [0.2, 0.25) is 0 Å². The van der Waals surface area contributed by atoms with Crippen LogP contribution in [-0.4, -0.2) is 18.1 Å². The Hall–Kier alpha value is -2.36. The summed E-state index contributed by atoms with van der Waals surface area (Å²) in [4.78, 5) is 15.9. The summed E-state index contributed by atoms with van der Waals surface area (Å²) < 4.78 is 4.72. The maximum Gasteiger partial charge on any atom is 0.339 e. The van der Waals surface area contributed by atoms with Gasteiger partial charge in [0.15, 0.2) is 0 Å². The van der Waals surface area contributed by atoms with Gasteiger partial charge >= 0.3 is 5.97 Å². The minimum absolute atomic E-state index is 0.384. The van der Waals surface area contributed by atoms with Crippen molar-refractivity contribution in [2.24, 2.45) is 0 Å².